The average molecular weight is 282 g/mol. The van der Waals surface area contributed by atoms with Crippen molar-refractivity contribution in [3.8, 4) is 0 Å². The zero-order valence-corrected chi connectivity index (χ0v) is 12.6. The number of rotatable bonds is 5. The Bertz CT molecular complexity index is 593. The van der Waals surface area contributed by atoms with Gasteiger partial charge in [0.1, 0.15) is 0 Å². The molecule has 2 aromatic rings. The highest BCUT2D eigenvalue weighted by Gasteiger charge is 2.04. The van der Waals surface area contributed by atoms with Crippen LogP contribution in [-0.2, 0) is 6.42 Å². The van der Waals surface area contributed by atoms with E-state index >= 15 is 0 Å². The quantitative estimate of drug-likeness (QED) is 0.798. The van der Waals surface area contributed by atoms with E-state index in [1.165, 1.54) is 5.56 Å². The first-order valence-corrected chi connectivity index (χ1v) is 7.31. The van der Waals surface area contributed by atoms with E-state index in [1.807, 2.05) is 50.2 Å². The van der Waals surface area contributed by atoms with Crippen molar-refractivity contribution in [2.45, 2.75) is 26.7 Å². The van der Waals surface area contributed by atoms with E-state index in [2.05, 4.69) is 22.8 Å². The van der Waals surface area contributed by atoms with Crippen LogP contribution >= 0.6 is 0 Å². The highest BCUT2D eigenvalue weighted by Crippen LogP contribution is 2.15. The van der Waals surface area contributed by atoms with E-state index in [9.17, 15) is 4.79 Å². The van der Waals surface area contributed by atoms with Gasteiger partial charge in [-0.05, 0) is 49.4 Å². The van der Waals surface area contributed by atoms with Crippen molar-refractivity contribution in [1.82, 2.24) is 5.32 Å². The minimum absolute atomic E-state index is 0.142. The summed E-state index contributed by atoms with van der Waals surface area (Å²) in [4.78, 5) is 11.9. The third-order valence-corrected chi connectivity index (χ3v) is 3.41. The lowest BCUT2D eigenvalue weighted by atomic mass is 10.1. The molecule has 0 aliphatic rings. The molecule has 0 spiro atoms. The number of nitrogens with one attached hydrogen (secondary N) is 2. The molecule has 0 fully saturated rings. The van der Waals surface area contributed by atoms with Crippen molar-refractivity contribution in [3.05, 3.63) is 65.2 Å². The second-order valence-corrected chi connectivity index (χ2v) is 5.29. The van der Waals surface area contributed by atoms with Crippen LogP contribution in [0.1, 0.15) is 23.1 Å². The lowest BCUT2D eigenvalue weighted by Gasteiger charge is -2.10. The Hall–Kier alpha value is -2.29. The minimum Gasteiger partial charge on any atom is -0.338 e. The van der Waals surface area contributed by atoms with Gasteiger partial charge in [-0.2, -0.15) is 0 Å². The Balaban J connectivity index is 1.74. The summed E-state index contributed by atoms with van der Waals surface area (Å²) in [5, 5.41) is 5.80. The standard InChI is InChI=1S/C18H22N2O/c1-14-10-11-15(2)17(13-14)20-18(21)19-12-6-9-16-7-4-3-5-8-16/h3-5,7-8,10-11,13H,6,9,12H2,1-2H3,(H2,19,20,21). The molecule has 0 aromatic heterocycles. The van der Waals surface area contributed by atoms with Crippen LogP contribution in [0.2, 0.25) is 0 Å². The Morgan fingerprint density at radius 1 is 1.05 bits per heavy atom. The van der Waals surface area contributed by atoms with Crippen molar-refractivity contribution in [1.29, 1.82) is 0 Å². The zero-order valence-electron chi connectivity index (χ0n) is 12.6. The monoisotopic (exact) mass is 282 g/mol. The highest BCUT2D eigenvalue weighted by molar-refractivity contribution is 5.90. The number of hydrogen-bond acceptors (Lipinski definition) is 1. The van der Waals surface area contributed by atoms with Gasteiger partial charge in [0.15, 0.2) is 0 Å². The van der Waals surface area contributed by atoms with Gasteiger partial charge in [-0.15, -0.1) is 0 Å². The maximum atomic E-state index is 11.9. The summed E-state index contributed by atoms with van der Waals surface area (Å²) in [6, 6.07) is 16.2. The molecule has 0 saturated carbocycles. The maximum Gasteiger partial charge on any atom is 0.319 e. The minimum atomic E-state index is -0.142. The van der Waals surface area contributed by atoms with Crippen LogP contribution in [0.4, 0.5) is 10.5 Å². The van der Waals surface area contributed by atoms with E-state index in [4.69, 9.17) is 0 Å². The molecule has 110 valence electrons. The van der Waals surface area contributed by atoms with E-state index in [0.29, 0.717) is 6.54 Å². The molecule has 2 rings (SSSR count). The van der Waals surface area contributed by atoms with Gasteiger partial charge in [-0.1, -0.05) is 42.5 Å². The lowest BCUT2D eigenvalue weighted by Crippen LogP contribution is -2.30. The molecule has 3 heteroatoms. The van der Waals surface area contributed by atoms with Crippen LogP contribution in [0.3, 0.4) is 0 Å². The number of carbonyl (C=O) groups is 1. The lowest BCUT2D eigenvalue weighted by molar-refractivity contribution is 0.252. The number of aryl methyl sites for hydroxylation is 3. The molecule has 0 bridgehead atoms. The molecule has 0 aliphatic heterocycles. The number of anilines is 1. The first kappa shape index (κ1) is 15.1. The fraction of sp³-hybridized carbons (Fsp3) is 0.278. The molecule has 2 aromatic carbocycles. The molecule has 0 atom stereocenters. The van der Waals surface area contributed by atoms with Crippen molar-refractivity contribution < 1.29 is 4.79 Å². The normalized spacial score (nSPS) is 10.2. The van der Waals surface area contributed by atoms with E-state index < -0.39 is 0 Å². The van der Waals surface area contributed by atoms with Gasteiger partial charge in [-0.25, -0.2) is 4.79 Å². The first-order valence-electron chi connectivity index (χ1n) is 7.31. The fourth-order valence-electron chi connectivity index (χ4n) is 2.18. The summed E-state index contributed by atoms with van der Waals surface area (Å²) in [6.45, 7) is 4.68. The summed E-state index contributed by atoms with van der Waals surface area (Å²) in [7, 11) is 0. The van der Waals surface area contributed by atoms with E-state index in [-0.39, 0.29) is 6.03 Å². The van der Waals surface area contributed by atoms with Gasteiger partial charge >= 0.3 is 6.03 Å². The van der Waals surface area contributed by atoms with Gasteiger partial charge < -0.3 is 10.6 Å². The molecule has 0 radical (unpaired) electrons. The zero-order chi connectivity index (χ0) is 15.1. The average Bonchev–Trinajstić information content (AvgIpc) is 2.48. The highest BCUT2D eigenvalue weighted by atomic mass is 16.2. The third kappa shape index (κ3) is 4.95. The number of carbonyl (C=O) groups excluding carboxylic acids is 1. The molecular weight excluding hydrogens is 260 g/mol. The molecule has 2 amide bonds. The SMILES string of the molecule is Cc1ccc(C)c(NC(=O)NCCCc2ccccc2)c1. The van der Waals surface area contributed by atoms with Crippen molar-refractivity contribution >= 4 is 11.7 Å². The van der Waals surface area contributed by atoms with Gasteiger partial charge in [-0.3, -0.25) is 0 Å². The van der Waals surface area contributed by atoms with E-state index in [0.717, 1.165) is 29.7 Å². The fourth-order valence-corrected chi connectivity index (χ4v) is 2.18. The van der Waals surface area contributed by atoms with Gasteiger partial charge in [0, 0.05) is 12.2 Å². The maximum absolute atomic E-state index is 11.9. The summed E-state index contributed by atoms with van der Waals surface area (Å²) >= 11 is 0. The second kappa shape index (κ2) is 7.48. The first-order chi connectivity index (χ1) is 10.1. The summed E-state index contributed by atoms with van der Waals surface area (Å²) < 4.78 is 0. The molecule has 0 saturated heterocycles. The summed E-state index contributed by atoms with van der Waals surface area (Å²) in [5.74, 6) is 0. The molecule has 21 heavy (non-hydrogen) atoms. The number of urea groups is 1. The smallest absolute Gasteiger partial charge is 0.319 e. The summed E-state index contributed by atoms with van der Waals surface area (Å²) in [6.07, 6.45) is 1.91. The Kier molecular flexibility index (Phi) is 5.38. The van der Waals surface area contributed by atoms with Crippen LogP contribution < -0.4 is 10.6 Å². The predicted octanol–water partition coefficient (Wildman–Crippen LogP) is 4.06. The predicted molar refractivity (Wildman–Crippen MR) is 87.7 cm³/mol. The Morgan fingerprint density at radius 2 is 1.81 bits per heavy atom. The van der Waals surface area contributed by atoms with Crippen molar-refractivity contribution in [2.24, 2.45) is 0 Å². The molecular formula is C18H22N2O. The van der Waals surface area contributed by atoms with Crippen LogP contribution in [0.5, 0.6) is 0 Å². The number of amides is 2. The molecule has 0 unspecified atom stereocenters. The van der Waals surface area contributed by atoms with Crippen LogP contribution in [-0.4, -0.2) is 12.6 Å². The Morgan fingerprint density at radius 3 is 2.57 bits per heavy atom. The summed E-state index contributed by atoms with van der Waals surface area (Å²) in [5.41, 5.74) is 4.38. The third-order valence-electron chi connectivity index (χ3n) is 3.41. The number of benzene rings is 2. The number of hydrogen-bond donors (Lipinski definition) is 2. The van der Waals surface area contributed by atoms with Crippen LogP contribution in [0, 0.1) is 13.8 Å². The Labute approximate surface area is 126 Å². The van der Waals surface area contributed by atoms with Crippen molar-refractivity contribution in [3.63, 3.8) is 0 Å². The van der Waals surface area contributed by atoms with Crippen LogP contribution in [0.15, 0.2) is 48.5 Å². The van der Waals surface area contributed by atoms with Gasteiger partial charge in [0.25, 0.3) is 0 Å². The van der Waals surface area contributed by atoms with Gasteiger partial charge in [0.2, 0.25) is 0 Å². The molecule has 0 aliphatic carbocycles. The van der Waals surface area contributed by atoms with Crippen LogP contribution in [0.25, 0.3) is 0 Å². The van der Waals surface area contributed by atoms with Crippen molar-refractivity contribution in [2.75, 3.05) is 11.9 Å². The van der Waals surface area contributed by atoms with E-state index in [1.54, 1.807) is 0 Å². The topological polar surface area (TPSA) is 41.1 Å². The molecule has 3 nitrogen and oxygen atoms in total. The van der Waals surface area contributed by atoms with Gasteiger partial charge in [0.05, 0.1) is 0 Å². The largest absolute Gasteiger partial charge is 0.338 e. The second-order valence-electron chi connectivity index (χ2n) is 5.29. The molecule has 0 heterocycles. The molecule has 2 N–H and O–H groups in total.